The van der Waals surface area contributed by atoms with Crippen molar-refractivity contribution in [2.75, 3.05) is 13.7 Å². The van der Waals surface area contributed by atoms with Crippen molar-refractivity contribution in [2.24, 2.45) is 4.99 Å². The monoisotopic (exact) mass is 322 g/mol. The molecule has 4 nitrogen and oxygen atoms in total. The Balaban J connectivity index is 2.49. The summed E-state index contributed by atoms with van der Waals surface area (Å²) in [6, 6.07) is 6.27. The van der Waals surface area contributed by atoms with Crippen molar-refractivity contribution in [3.05, 3.63) is 48.1 Å². The van der Waals surface area contributed by atoms with Gasteiger partial charge < -0.3 is 9.84 Å². The molecule has 7 heteroatoms. The quantitative estimate of drug-likeness (QED) is 0.869. The lowest BCUT2D eigenvalue weighted by molar-refractivity contribution is -0.0580. The Morgan fingerprint density at radius 1 is 1.43 bits per heavy atom. The Bertz CT molecular complexity index is 730. The molecule has 0 aliphatic carbocycles. The van der Waals surface area contributed by atoms with Crippen molar-refractivity contribution >= 4 is 5.71 Å². The van der Waals surface area contributed by atoms with Crippen LogP contribution in [0.2, 0.25) is 0 Å². The number of aromatic hydroxyl groups is 1. The smallest absolute Gasteiger partial charge is 0.432 e. The van der Waals surface area contributed by atoms with Crippen LogP contribution in [0, 0.1) is 11.3 Å². The second kappa shape index (κ2) is 6.16. The first kappa shape index (κ1) is 16.6. The van der Waals surface area contributed by atoms with Gasteiger partial charge in [-0.2, -0.15) is 18.4 Å². The zero-order chi connectivity index (χ0) is 17.1. The van der Waals surface area contributed by atoms with E-state index in [4.69, 9.17) is 10.00 Å². The zero-order valence-corrected chi connectivity index (χ0v) is 12.1. The number of alkyl halides is 3. The van der Waals surface area contributed by atoms with Gasteiger partial charge >= 0.3 is 6.18 Å². The van der Waals surface area contributed by atoms with E-state index in [0.29, 0.717) is 5.56 Å². The topological polar surface area (TPSA) is 65.6 Å². The maximum Gasteiger partial charge on any atom is 0.432 e. The summed E-state index contributed by atoms with van der Waals surface area (Å²) in [6.45, 7) is -0.204. The molecule has 1 aliphatic rings. The average molecular weight is 322 g/mol. The number of rotatable bonds is 3. The van der Waals surface area contributed by atoms with E-state index in [1.807, 2.05) is 6.07 Å². The molecule has 0 saturated heterocycles. The fourth-order valence-corrected chi connectivity index (χ4v) is 2.28. The van der Waals surface area contributed by atoms with Gasteiger partial charge in [0.15, 0.2) is 11.5 Å². The summed E-state index contributed by atoms with van der Waals surface area (Å²) in [5.74, 6) is 0.0983. The third-order valence-electron chi connectivity index (χ3n) is 3.51. The molecule has 0 spiro atoms. The number of hydrogen-bond donors (Lipinski definition) is 1. The van der Waals surface area contributed by atoms with Crippen molar-refractivity contribution in [1.82, 2.24) is 0 Å². The molecular formula is C16H13F3N2O2. The molecule has 0 bridgehead atoms. The molecule has 1 aromatic carbocycles. The van der Waals surface area contributed by atoms with Crippen LogP contribution in [-0.4, -0.2) is 30.6 Å². The van der Waals surface area contributed by atoms with Gasteiger partial charge in [0.1, 0.15) is 5.71 Å². The van der Waals surface area contributed by atoms with E-state index in [9.17, 15) is 18.3 Å². The lowest BCUT2D eigenvalue weighted by atomic mass is 9.78. The van der Waals surface area contributed by atoms with E-state index >= 15 is 0 Å². The number of ether oxygens (including phenoxy) is 1. The lowest BCUT2D eigenvalue weighted by Crippen LogP contribution is -2.32. The summed E-state index contributed by atoms with van der Waals surface area (Å²) in [7, 11) is 1.37. The van der Waals surface area contributed by atoms with E-state index in [1.165, 1.54) is 37.5 Å². The molecule has 0 fully saturated rings. The third-order valence-corrected chi connectivity index (χ3v) is 3.51. The molecule has 1 unspecified atom stereocenters. The van der Waals surface area contributed by atoms with Gasteiger partial charge in [-0.3, -0.25) is 4.99 Å². The lowest BCUT2D eigenvalue weighted by Gasteiger charge is -2.29. The summed E-state index contributed by atoms with van der Waals surface area (Å²) < 4.78 is 43.2. The second-order valence-electron chi connectivity index (χ2n) is 4.92. The highest BCUT2D eigenvalue weighted by Crippen LogP contribution is 2.37. The number of methoxy groups -OCH3 is 1. The van der Waals surface area contributed by atoms with Gasteiger partial charge in [-0.25, -0.2) is 0 Å². The molecule has 23 heavy (non-hydrogen) atoms. The average Bonchev–Trinajstić information content (AvgIpc) is 2.53. The molecule has 1 heterocycles. The summed E-state index contributed by atoms with van der Waals surface area (Å²) in [6.07, 6.45) is 0.394. The van der Waals surface area contributed by atoms with Crippen LogP contribution in [0.5, 0.6) is 11.5 Å². The molecular weight excluding hydrogens is 309 g/mol. The number of phenols is 1. The van der Waals surface area contributed by atoms with E-state index in [0.717, 1.165) is 6.08 Å². The van der Waals surface area contributed by atoms with Gasteiger partial charge in [-0.05, 0) is 23.8 Å². The van der Waals surface area contributed by atoms with Crippen LogP contribution >= 0.6 is 0 Å². The summed E-state index contributed by atoms with van der Waals surface area (Å²) in [4.78, 5) is 3.60. The predicted molar refractivity (Wildman–Crippen MR) is 78.6 cm³/mol. The first-order valence-corrected chi connectivity index (χ1v) is 6.58. The minimum atomic E-state index is -4.52. The minimum Gasteiger partial charge on any atom is -0.504 e. The largest absolute Gasteiger partial charge is 0.504 e. The van der Waals surface area contributed by atoms with Gasteiger partial charge in [-0.15, -0.1) is 0 Å². The summed E-state index contributed by atoms with van der Waals surface area (Å²) in [5, 5.41) is 18.4. The van der Waals surface area contributed by atoms with Crippen LogP contribution < -0.4 is 4.74 Å². The molecule has 0 amide bonds. The Hall–Kier alpha value is -2.75. The number of allylic oxidation sites excluding steroid dienone is 2. The first-order valence-electron chi connectivity index (χ1n) is 6.58. The van der Waals surface area contributed by atoms with E-state index in [1.54, 1.807) is 6.07 Å². The zero-order valence-electron chi connectivity index (χ0n) is 12.1. The number of benzene rings is 1. The number of aliphatic imine (C=N–C) groups is 1. The van der Waals surface area contributed by atoms with Crippen molar-refractivity contribution in [1.29, 1.82) is 5.26 Å². The minimum absolute atomic E-state index is 0.0880. The molecule has 2 rings (SSSR count). The highest BCUT2D eigenvalue weighted by molar-refractivity contribution is 6.00. The van der Waals surface area contributed by atoms with Crippen molar-refractivity contribution in [2.45, 2.75) is 11.6 Å². The fourth-order valence-electron chi connectivity index (χ4n) is 2.28. The van der Waals surface area contributed by atoms with Crippen LogP contribution in [0.15, 0.2) is 47.5 Å². The SMILES string of the molecule is COc1cc(C2(/C=C\C#N)C=CC(C(F)(F)F)=NC2)ccc1O. The maximum absolute atomic E-state index is 12.7. The molecule has 1 aromatic rings. The number of phenolic OH excluding ortho intramolecular Hbond substituents is 1. The highest BCUT2D eigenvalue weighted by atomic mass is 19.4. The number of dihydropyridines is 1. The number of hydrogen-bond acceptors (Lipinski definition) is 4. The number of nitriles is 1. The van der Waals surface area contributed by atoms with Gasteiger partial charge in [0.25, 0.3) is 0 Å². The Morgan fingerprint density at radius 3 is 2.70 bits per heavy atom. The number of nitrogens with zero attached hydrogens (tertiary/aromatic N) is 2. The summed E-state index contributed by atoms with van der Waals surface area (Å²) >= 11 is 0. The maximum atomic E-state index is 12.7. The molecule has 0 saturated carbocycles. The number of halogens is 3. The highest BCUT2D eigenvalue weighted by Gasteiger charge is 2.38. The first-order chi connectivity index (χ1) is 10.8. The molecule has 1 N–H and O–H groups in total. The molecule has 0 radical (unpaired) electrons. The fraction of sp³-hybridized carbons (Fsp3) is 0.250. The van der Waals surface area contributed by atoms with Gasteiger partial charge in [0.05, 0.1) is 25.1 Å². The standard InChI is InChI=1S/C16H13F3N2O2/c1-23-13-9-11(3-4-12(13)22)15(6-2-8-20)7-5-14(21-10-15)16(17,18)19/h2-7,9,22H,10H2,1H3/b6-2-. The molecule has 0 aromatic heterocycles. The molecule has 1 aliphatic heterocycles. The molecule has 1 atom stereocenters. The van der Waals surface area contributed by atoms with Crippen molar-refractivity contribution < 1.29 is 23.0 Å². The van der Waals surface area contributed by atoms with Crippen molar-refractivity contribution in [3.63, 3.8) is 0 Å². The predicted octanol–water partition coefficient (Wildman–Crippen LogP) is 3.29. The van der Waals surface area contributed by atoms with Crippen LogP contribution in [0.25, 0.3) is 0 Å². The molecule has 120 valence electrons. The Kier molecular flexibility index (Phi) is 4.45. The van der Waals surface area contributed by atoms with Gasteiger partial charge in [0.2, 0.25) is 0 Å². The van der Waals surface area contributed by atoms with Crippen LogP contribution in [0.1, 0.15) is 5.56 Å². The second-order valence-corrected chi connectivity index (χ2v) is 4.92. The van der Waals surface area contributed by atoms with E-state index in [-0.39, 0.29) is 18.0 Å². The van der Waals surface area contributed by atoms with E-state index in [2.05, 4.69) is 4.99 Å². The normalized spacial score (nSPS) is 21.1. The Morgan fingerprint density at radius 2 is 2.17 bits per heavy atom. The van der Waals surface area contributed by atoms with Crippen LogP contribution in [-0.2, 0) is 5.41 Å². The van der Waals surface area contributed by atoms with Gasteiger partial charge in [-0.1, -0.05) is 18.2 Å². The summed E-state index contributed by atoms with van der Waals surface area (Å²) in [5.41, 5.74) is -1.42. The van der Waals surface area contributed by atoms with Crippen molar-refractivity contribution in [3.8, 4) is 17.6 Å². The van der Waals surface area contributed by atoms with Crippen LogP contribution in [0.4, 0.5) is 13.2 Å². The van der Waals surface area contributed by atoms with Gasteiger partial charge in [0, 0.05) is 6.08 Å². The van der Waals surface area contributed by atoms with Crippen LogP contribution in [0.3, 0.4) is 0 Å². The third kappa shape index (κ3) is 3.37. The van der Waals surface area contributed by atoms with E-state index < -0.39 is 17.3 Å². The Labute approximate surface area is 130 Å².